The van der Waals surface area contributed by atoms with Gasteiger partial charge in [0.15, 0.2) is 29.1 Å². The molecule has 3 saturated carbocycles. The molecule has 1 heterocycles. The van der Waals surface area contributed by atoms with Crippen molar-refractivity contribution in [2.45, 2.75) is 95.4 Å². The number of alkyl halides is 2. The number of ketones is 2. The zero-order valence-electron chi connectivity index (χ0n) is 27.6. The normalized spacial score (nSPS) is 39.8. The number of hydrogen-bond donors (Lipinski definition) is 4. The van der Waals surface area contributed by atoms with Crippen LogP contribution in [0.5, 0.6) is 5.75 Å². The molecule has 48 heavy (non-hydrogen) atoms. The minimum Gasteiger partial charge on any atom is -0.506 e. The van der Waals surface area contributed by atoms with Crippen molar-refractivity contribution in [1.29, 1.82) is 0 Å². The molecule has 0 aromatic heterocycles. The van der Waals surface area contributed by atoms with E-state index in [2.05, 4.69) is 5.32 Å². The van der Waals surface area contributed by atoms with Crippen LogP contribution in [-0.4, -0.2) is 69.2 Å². The maximum Gasteiger partial charge on any atom is 0.193 e. The molecule has 1 aliphatic heterocycles. The highest BCUT2D eigenvalue weighted by atomic mass is 19.1. The SMILES string of the molecule is CC(C)Nc1cc(Cc2ccc([C@@H]3O[C@@H]4C[C@H]5[C@@H]6C[C@H](F)C7=CC(=O)C=C[C@]7(C)[C@@]6(F)[C@@H](O)C[C@]5(C)[C@]4(C(=O)CO)O3)cc2)ccc1O. The van der Waals surface area contributed by atoms with Crippen LogP contribution in [0.15, 0.2) is 66.3 Å². The molecule has 0 unspecified atom stereocenters. The molecule has 1 saturated heterocycles. The molecule has 4 N–H and O–H groups in total. The lowest BCUT2D eigenvalue weighted by Crippen LogP contribution is -2.70. The quantitative estimate of drug-likeness (QED) is 0.289. The van der Waals surface area contributed by atoms with E-state index in [4.69, 9.17) is 9.47 Å². The summed E-state index contributed by atoms with van der Waals surface area (Å²) < 4.78 is 46.5. The second-order valence-corrected chi connectivity index (χ2v) is 15.1. The largest absolute Gasteiger partial charge is 0.506 e. The van der Waals surface area contributed by atoms with Crippen LogP contribution in [0.1, 0.15) is 69.9 Å². The van der Waals surface area contributed by atoms with Crippen LogP contribution in [0.25, 0.3) is 0 Å². The van der Waals surface area contributed by atoms with E-state index in [-0.39, 0.29) is 36.6 Å². The molecule has 8 nitrogen and oxygen atoms in total. The molecule has 10 atom stereocenters. The minimum absolute atomic E-state index is 0.0322. The minimum atomic E-state index is -2.30. The molecule has 0 bridgehead atoms. The first-order chi connectivity index (χ1) is 22.7. The molecule has 7 rings (SSSR count). The maximum absolute atomic E-state index is 17.6. The third-order valence-electron chi connectivity index (χ3n) is 12.1. The van der Waals surface area contributed by atoms with Crippen molar-refractivity contribution in [2.75, 3.05) is 11.9 Å². The van der Waals surface area contributed by atoms with Crippen LogP contribution in [0.3, 0.4) is 0 Å². The first-order valence-corrected chi connectivity index (χ1v) is 16.8. The van der Waals surface area contributed by atoms with Crippen LogP contribution in [0.2, 0.25) is 0 Å². The highest BCUT2D eigenvalue weighted by Gasteiger charge is 2.80. The Labute approximate surface area is 278 Å². The van der Waals surface area contributed by atoms with Crippen molar-refractivity contribution in [3.05, 3.63) is 83.0 Å². The van der Waals surface area contributed by atoms with Crippen LogP contribution in [0, 0.1) is 22.7 Å². The van der Waals surface area contributed by atoms with Gasteiger partial charge in [-0.3, -0.25) is 9.59 Å². The van der Waals surface area contributed by atoms with Crippen molar-refractivity contribution in [3.63, 3.8) is 0 Å². The molecule has 5 aliphatic rings. The van der Waals surface area contributed by atoms with Crippen molar-refractivity contribution in [2.24, 2.45) is 22.7 Å². The summed E-state index contributed by atoms with van der Waals surface area (Å²) in [5.74, 6) is -2.47. The summed E-state index contributed by atoms with van der Waals surface area (Å²) in [6, 6.07) is 13.2. The van der Waals surface area contributed by atoms with Gasteiger partial charge in [0.2, 0.25) is 0 Å². The van der Waals surface area contributed by atoms with E-state index < -0.39 is 76.8 Å². The van der Waals surface area contributed by atoms with Gasteiger partial charge in [0, 0.05) is 28.4 Å². The lowest BCUT2D eigenvalue weighted by Gasteiger charge is -2.63. The van der Waals surface area contributed by atoms with Crippen molar-refractivity contribution in [1.82, 2.24) is 0 Å². The third-order valence-corrected chi connectivity index (χ3v) is 12.1. The Kier molecular flexibility index (Phi) is 7.79. The van der Waals surface area contributed by atoms with Gasteiger partial charge in [0.25, 0.3) is 0 Å². The number of allylic oxidation sites excluding steroid dienone is 4. The first kappa shape index (κ1) is 33.1. The Morgan fingerprint density at radius 3 is 2.48 bits per heavy atom. The molecular weight excluding hydrogens is 620 g/mol. The summed E-state index contributed by atoms with van der Waals surface area (Å²) in [5, 5.41) is 35.4. The lowest BCUT2D eigenvalue weighted by atomic mass is 9.44. The number of carbonyl (C=O) groups excluding carboxylic acids is 2. The smallest absolute Gasteiger partial charge is 0.193 e. The van der Waals surface area contributed by atoms with Crippen molar-refractivity contribution in [3.8, 4) is 5.75 Å². The van der Waals surface area contributed by atoms with Gasteiger partial charge in [0.1, 0.15) is 18.5 Å². The fourth-order valence-corrected chi connectivity index (χ4v) is 9.86. The Bertz CT molecular complexity index is 1710. The van der Waals surface area contributed by atoms with E-state index >= 15 is 8.78 Å². The second kappa shape index (κ2) is 11.3. The number of fused-ring (bicyclic) bond motifs is 7. The fourth-order valence-electron chi connectivity index (χ4n) is 9.86. The van der Waals surface area contributed by atoms with Gasteiger partial charge in [-0.2, -0.15) is 0 Å². The number of rotatable bonds is 7. The fraction of sp³-hybridized carbons (Fsp3) is 0.526. The average molecular weight is 664 g/mol. The molecule has 0 radical (unpaired) electrons. The molecule has 4 fully saturated rings. The Morgan fingerprint density at radius 2 is 1.79 bits per heavy atom. The van der Waals surface area contributed by atoms with Gasteiger partial charge in [0.05, 0.1) is 17.9 Å². The zero-order valence-corrected chi connectivity index (χ0v) is 27.6. The number of ether oxygens (including phenoxy) is 2. The summed E-state index contributed by atoms with van der Waals surface area (Å²) in [6.45, 7) is 6.46. The molecule has 256 valence electrons. The lowest BCUT2D eigenvalue weighted by molar-refractivity contribution is -0.235. The molecule has 10 heteroatoms. The predicted octanol–water partition coefficient (Wildman–Crippen LogP) is 5.45. The van der Waals surface area contributed by atoms with Gasteiger partial charge in [-0.05, 0) is 93.4 Å². The molecule has 0 spiro atoms. The number of carbonyl (C=O) groups is 2. The number of phenolic OH excluding ortho intramolecular Hbond substituents is 1. The Morgan fingerprint density at radius 1 is 1.08 bits per heavy atom. The average Bonchev–Trinajstić information content (AvgIpc) is 3.54. The summed E-state index contributed by atoms with van der Waals surface area (Å²) in [7, 11) is 0. The van der Waals surface area contributed by atoms with Crippen LogP contribution in [-0.2, 0) is 25.5 Å². The Hall–Kier alpha value is -3.44. The van der Waals surface area contributed by atoms with Gasteiger partial charge in [-0.15, -0.1) is 0 Å². The number of nitrogens with one attached hydrogen (secondary N) is 1. The topological polar surface area (TPSA) is 125 Å². The van der Waals surface area contributed by atoms with Crippen molar-refractivity contribution < 1.29 is 43.2 Å². The predicted molar refractivity (Wildman–Crippen MR) is 174 cm³/mol. The number of aromatic hydroxyl groups is 1. The van der Waals surface area contributed by atoms with Gasteiger partial charge >= 0.3 is 0 Å². The van der Waals surface area contributed by atoms with E-state index in [1.165, 1.54) is 19.1 Å². The number of halogens is 2. The standard InChI is InChI=1S/C38H43F2NO7/c1-20(2)41-29-14-22(7-10-30(29)44)13-21-5-8-23(9-6-21)34-47-33-17-25-26-16-28(39)27-15-24(43)11-12-35(27,3)37(26,40)31(45)18-36(25,4)38(33,48-34)32(46)19-42/h5-12,14-15,20,25-26,28,31,33-34,41-42,44-45H,13,16-19H2,1-4H3/t25-,26-,28-,31-,33+,34+,35-,36-,37-,38+/m0/s1. The maximum atomic E-state index is 17.6. The zero-order chi connectivity index (χ0) is 34.4. The summed E-state index contributed by atoms with van der Waals surface area (Å²) in [4.78, 5) is 25.9. The molecule has 0 amide bonds. The van der Waals surface area contributed by atoms with Crippen LogP contribution >= 0.6 is 0 Å². The summed E-state index contributed by atoms with van der Waals surface area (Å²) in [5.41, 5.74) is -3.37. The van der Waals surface area contributed by atoms with Crippen LogP contribution < -0.4 is 5.32 Å². The van der Waals surface area contributed by atoms with Crippen molar-refractivity contribution >= 4 is 17.3 Å². The molecular formula is C38H43F2NO7. The van der Waals surface area contributed by atoms with Gasteiger partial charge < -0.3 is 30.1 Å². The van der Waals surface area contributed by atoms with E-state index in [0.29, 0.717) is 17.7 Å². The highest BCUT2D eigenvalue weighted by Crippen LogP contribution is 2.72. The third kappa shape index (κ3) is 4.52. The number of hydrogen-bond acceptors (Lipinski definition) is 8. The summed E-state index contributed by atoms with van der Waals surface area (Å²) in [6.07, 6.45) is -0.916. The van der Waals surface area contributed by atoms with E-state index in [9.17, 15) is 24.9 Å². The Balaban J connectivity index is 1.17. The number of phenols is 1. The number of benzene rings is 2. The van der Waals surface area contributed by atoms with E-state index in [1.807, 2.05) is 50.2 Å². The molecule has 4 aliphatic carbocycles. The van der Waals surface area contributed by atoms with E-state index in [0.717, 1.165) is 17.2 Å². The molecule has 2 aromatic carbocycles. The molecule has 2 aromatic rings. The first-order valence-electron chi connectivity index (χ1n) is 16.8. The monoisotopic (exact) mass is 663 g/mol. The van der Waals surface area contributed by atoms with Gasteiger partial charge in [-0.25, -0.2) is 8.78 Å². The summed E-state index contributed by atoms with van der Waals surface area (Å²) >= 11 is 0. The van der Waals surface area contributed by atoms with Gasteiger partial charge in [-0.1, -0.05) is 43.3 Å². The number of aliphatic hydroxyl groups excluding tert-OH is 2. The number of anilines is 1. The van der Waals surface area contributed by atoms with Crippen LogP contribution in [0.4, 0.5) is 14.5 Å². The van der Waals surface area contributed by atoms with E-state index in [1.54, 1.807) is 13.0 Å². The second-order valence-electron chi connectivity index (χ2n) is 15.1. The highest BCUT2D eigenvalue weighted by molar-refractivity contribution is 6.01. The number of aliphatic hydroxyl groups is 2. The number of Topliss-reactive ketones (excluding diaryl/α,β-unsaturated/α-hetero) is 1.